The fraction of sp³-hybridized carbons (Fsp3) is 0.800. The number of hydrogen-bond acceptors (Lipinski definition) is 3. The van der Waals surface area contributed by atoms with E-state index in [1.807, 2.05) is 19.9 Å². The molecule has 0 spiro atoms. The maximum Gasteiger partial charge on any atom is 0.229 e. The van der Waals surface area contributed by atoms with Crippen molar-refractivity contribution in [2.24, 2.45) is 11.1 Å². The predicted octanol–water partition coefficient (Wildman–Crippen LogP) is 0.733. The lowest BCUT2D eigenvalue weighted by Crippen LogP contribution is -2.44. The van der Waals surface area contributed by atoms with Gasteiger partial charge in [-0.2, -0.15) is 5.26 Å². The van der Waals surface area contributed by atoms with Crippen LogP contribution in [0.2, 0.25) is 0 Å². The molecule has 0 fully saturated rings. The number of nitrogens with zero attached hydrogens (tertiary/aromatic N) is 2. The highest BCUT2D eigenvalue weighted by Gasteiger charge is 2.31. The molecule has 0 heterocycles. The van der Waals surface area contributed by atoms with Crippen LogP contribution in [0.3, 0.4) is 0 Å². The van der Waals surface area contributed by atoms with Crippen LogP contribution in [0, 0.1) is 16.7 Å². The van der Waals surface area contributed by atoms with E-state index in [1.54, 1.807) is 11.9 Å². The van der Waals surface area contributed by atoms with Gasteiger partial charge in [0.1, 0.15) is 0 Å². The van der Waals surface area contributed by atoms with Gasteiger partial charge in [-0.25, -0.2) is 0 Å². The molecule has 0 aliphatic carbocycles. The molecule has 0 aromatic heterocycles. The lowest BCUT2D eigenvalue weighted by Gasteiger charge is -2.30. The smallest absolute Gasteiger partial charge is 0.229 e. The third kappa shape index (κ3) is 3.00. The van der Waals surface area contributed by atoms with Crippen molar-refractivity contribution in [1.82, 2.24) is 4.90 Å². The molecule has 1 unspecified atom stereocenters. The van der Waals surface area contributed by atoms with E-state index < -0.39 is 5.41 Å². The SMILES string of the molecule is CCC(C)(CN)C(=O)N(C)CCC#N. The molecular formula is C10H19N3O. The van der Waals surface area contributed by atoms with E-state index in [-0.39, 0.29) is 5.91 Å². The Bertz CT molecular complexity index is 228. The minimum atomic E-state index is -0.482. The van der Waals surface area contributed by atoms with Gasteiger partial charge in [0.2, 0.25) is 5.91 Å². The van der Waals surface area contributed by atoms with Crippen molar-refractivity contribution in [1.29, 1.82) is 5.26 Å². The maximum absolute atomic E-state index is 11.9. The van der Waals surface area contributed by atoms with E-state index in [9.17, 15) is 4.79 Å². The van der Waals surface area contributed by atoms with Gasteiger partial charge < -0.3 is 10.6 Å². The van der Waals surface area contributed by atoms with Gasteiger partial charge in [0.15, 0.2) is 0 Å². The number of amides is 1. The Morgan fingerprint density at radius 1 is 1.64 bits per heavy atom. The van der Waals surface area contributed by atoms with Gasteiger partial charge in [-0.1, -0.05) is 6.92 Å². The highest BCUT2D eigenvalue weighted by Crippen LogP contribution is 2.21. The quantitative estimate of drug-likeness (QED) is 0.706. The number of hydrogen-bond donors (Lipinski definition) is 1. The zero-order chi connectivity index (χ0) is 11.2. The minimum absolute atomic E-state index is 0.0257. The molecule has 0 saturated carbocycles. The molecule has 0 aromatic rings. The number of carbonyl (C=O) groups is 1. The van der Waals surface area contributed by atoms with Crippen LogP contribution >= 0.6 is 0 Å². The Kier molecular flexibility index (Phi) is 5.18. The van der Waals surface area contributed by atoms with Gasteiger partial charge in [-0.15, -0.1) is 0 Å². The summed E-state index contributed by atoms with van der Waals surface area (Å²) >= 11 is 0. The van der Waals surface area contributed by atoms with Gasteiger partial charge in [0, 0.05) is 20.1 Å². The molecule has 14 heavy (non-hydrogen) atoms. The maximum atomic E-state index is 11.9. The topological polar surface area (TPSA) is 70.1 Å². The van der Waals surface area contributed by atoms with Crippen molar-refractivity contribution in [3.05, 3.63) is 0 Å². The van der Waals surface area contributed by atoms with Crippen LogP contribution < -0.4 is 5.73 Å². The summed E-state index contributed by atoms with van der Waals surface area (Å²) in [7, 11) is 1.71. The van der Waals surface area contributed by atoms with Crippen molar-refractivity contribution >= 4 is 5.91 Å². The fourth-order valence-corrected chi connectivity index (χ4v) is 1.16. The first kappa shape index (κ1) is 12.9. The standard InChI is InChI=1S/C10H19N3O/c1-4-10(2,8-12)9(14)13(3)7-5-6-11/h4-5,7-8,12H2,1-3H3. The van der Waals surface area contributed by atoms with E-state index in [1.165, 1.54) is 0 Å². The second-order valence-corrected chi connectivity index (χ2v) is 3.75. The molecule has 4 nitrogen and oxygen atoms in total. The van der Waals surface area contributed by atoms with Crippen LogP contribution in [0.25, 0.3) is 0 Å². The molecule has 1 atom stereocenters. The van der Waals surface area contributed by atoms with E-state index in [4.69, 9.17) is 11.0 Å². The number of nitrogens with two attached hydrogens (primary N) is 1. The van der Waals surface area contributed by atoms with Gasteiger partial charge in [0.05, 0.1) is 17.9 Å². The molecule has 4 heteroatoms. The third-order valence-corrected chi connectivity index (χ3v) is 2.65. The summed E-state index contributed by atoms with van der Waals surface area (Å²) in [4.78, 5) is 13.5. The fourth-order valence-electron chi connectivity index (χ4n) is 1.16. The molecule has 0 aliphatic heterocycles. The van der Waals surface area contributed by atoms with Crippen LogP contribution in [-0.2, 0) is 4.79 Å². The lowest BCUT2D eigenvalue weighted by atomic mass is 9.86. The summed E-state index contributed by atoms with van der Waals surface area (Å²) < 4.78 is 0. The highest BCUT2D eigenvalue weighted by molar-refractivity contribution is 5.82. The van der Waals surface area contributed by atoms with Crippen molar-refractivity contribution in [2.75, 3.05) is 20.1 Å². The first-order valence-corrected chi connectivity index (χ1v) is 4.84. The number of carbonyl (C=O) groups excluding carboxylic acids is 1. The molecule has 80 valence electrons. The van der Waals surface area contributed by atoms with E-state index >= 15 is 0 Å². The molecule has 0 saturated heterocycles. The monoisotopic (exact) mass is 197 g/mol. The van der Waals surface area contributed by atoms with Gasteiger partial charge in [-0.3, -0.25) is 4.79 Å². The summed E-state index contributed by atoms with van der Waals surface area (Å²) in [6.45, 7) is 4.63. The summed E-state index contributed by atoms with van der Waals surface area (Å²) in [5.74, 6) is 0.0257. The first-order chi connectivity index (χ1) is 6.51. The van der Waals surface area contributed by atoms with Crippen LogP contribution in [0.5, 0.6) is 0 Å². The Labute approximate surface area is 85.7 Å². The second-order valence-electron chi connectivity index (χ2n) is 3.75. The van der Waals surface area contributed by atoms with Crippen LogP contribution in [-0.4, -0.2) is 30.9 Å². The number of nitriles is 1. The van der Waals surface area contributed by atoms with Gasteiger partial charge >= 0.3 is 0 Å². The third-order valence-electron chi connectivity index (χ3n) is 2.65. The molecule has 0 radical (unpaired) electrons. The second kappa shape index (κ2) is 5.61. The molecule has 0 rings (SSSR count). The Balaban J connectivity index is 4.37. The molecule has 0 aromatic carbocycles. The zero-order valence-corrected chi connectivity index (χ0v) is 9.21. The summed E-state index contributed by atoms with van der Waals surface area (Å²) in [5.41, 5.74) is 5.09. The lowest BCUT2D eigenvalue weighted by molar-refractivity contribution is -0.139. The van der Waals surface area contributed by atoms with Crippen molar-refractivity contribution < 1.29 is 4.79 Å². The van der Waals surface area contributed by atoms with Crippen molar-refractivity contribution in [2.45, 2.75) is 26.7 Å². The first-order valence-electron chi connectivity index (χ1n) is 4.84. The van der Waals surface area contributed by atoms with E-state index in [2.05, 4.69) is 0 Å². The van der Waals surface area contributed by atoms with Crippen molar-refractivity contribution in [3.8, 4) is 6.07 Å². The highest BCUT2D eigenvalue weighted by atomic mass is 16.2. The van der Waals surface area contributed by atoms with E-state index in [0.717, 1.165) is 6.42 Å². The average Bonchev–Trinajstić information content (AvgIpc) is 2.23. The Hall–Kier alpha value is -1.08. The molecule has 1 amide bonds. The molecule has 2 N–H and O–H groups in total. The summed E-state index contributed by atoms with van der Waals surface area (Å²) in [6, 6.07) is 2.02. The summed E-state index contributed by atoms with van der Waals surface area (Å²) in [6.07, 6.45) is 1.09. The minimum Gasteiger partial charge on any atom is -0.344 e. The van der Waals surface area contributed by atoms with Gasteiger partial charge in [0.25, 0.3) is 0 Å². The molecule has 0 aliphatic rings. The van der Waals surface area contributed by atoms with Crippen LogP contribution in [0.1, 0.15) is 26.7 Å². The normalized spacial score (nSPS) is 14.2. The van der Waals surface area contributed by atoms with Crippen LogP contribution in [0.4, 0.5) is 0 Å². The number of rotatable bonds is 5. The largest absolute Gasteiger partial charge is 0.344 e. The zero-order valence-electron chi connectivity index (χ0n) is 9.21. The molecular weight excluding hydrogens is 178 g/mol. The average molecular weight is 197 g/mol. The Morgan fingerprint density at radius 3 is 2.57 bits per heavy atom. The summed E-state index contributed by atoms with van der Waals surface area (Å²) in [5, 5.41) is 8.40. The van der Waals surface area contributed by atoms with Crippen molar-refractivity contribution in [3.63, 3.8) is 0 Å². The van der Waals surface area contributed by atoms with E-state index in [0.29, 0.717) is 19.5 Å². The predicted molar refractivity (Wildman–Crippen MR) is 55.3 cm³/mol. The van der Waals surface area contributed by atoms with Crippen LogP contribution in [0.15, 0.2) is 0 Å². The molecule has 0 bridgehead atoms. The van der Waals surface area contributed by atoms with Gasteiger partial charge in [-0.05, 0) is 13.3 Å². The Morgan fingerprint density at radius 2 is 2.21 bits per heavy atom.